The van der Waals surface area contributed by atoms with Gasteiger partial charge in [0, 0.05) is 6.54 Å². The van der Waals surface area contributed by atoms with Crippen molar-refractivity contribution in [2.24, 2.45) is 0 Å². The molecule has 1 heterocycles. The first-order valence-corrected chi connectivity index (χ1v) is 6.51. The molecule has 1 aromatic rings. The van der Waals surface area contributed by atoms with Crippen LogP contribution < -0.4 is 10.1 Å². The lowest BCUT2D eigenvalue weighted by molar-refractivity contribution is 0.0878. The quantitative estimate of drug-likeness (QED) is 0.785. The van der Waals surface area contributed by atoms with E-state index >= 15 is 0 Å². The Hall–Kier alpha value is -1.88. The standard InChI is InChI=1S/C14H18N2O3/c1-3-16(4-2)8-9-19-11-7-5-6-10-12(11)14(18)15-13(10)17/h5-7H,3-4,8-9H2,1-2H3,(H,15,17,18). The molecule has 19 heavy (non-hydrogen) atoms. The van der Waals surface area contributed by atoms with E-state index in [4.69, 9.17) is 4.74 Å². The van der Waals surface area contributed by atoms with Crippen molar-refractivity contribution in [3.8, 4) is 5.75 Å². The van der Waals surface area contributed by atoms with E-state index in [0.29, 0.717) is 23.5 Å². The number of carbonyl (C=O) groups is 2. The molecule has 0 unspecified atom stereocenters. The number of rotatable bonds is 6. The Morgan fingerprint density at radius 1 is 1.16 bits per heavy atom. The molecule has 0 saturated heterocycles. The largest absolute Gasteiger partial charge is 0.491 e. The summed E-state index contributed by atoms with van der Waals surface area (Å²) in [4.78, 5) is 25.4. The van der Waals surface area contributed by atoms with E-state index < -0.39 is 0 Å². The Morgan fingerprint density at radius 2 is 1.89 bits per heavy atom. The van der Waals surface area contributed by atoms with Gasteiger partial charge in [0.25, 0.3) is 11.8 Å². The molecule has 0 spiro atoms. The molecular formula is C14H18N2O3. The van der Waals surface area contributed by atoms with Crippen LogP contribution in [0.3, 0.4) is 0 Å². The summed E-state index contributed by atoms with van der Waals surface area (Å²) in [5, 5.41) is 2.28. The molecule has 5 nitrogen and oxygen atoms in total. The van der Waals surface area contributed by atoms with Crippen LogP contribution in [0.15, 0.2) is 18.2 Å². The minimum atomic E-state index is -0.376. The highest BCUT2D eigenvalue weighted by molar-refractivity contribution is 6.22. The molecular weight excluding hydrogens is 244 g/mol. The zero-order valence-corrected chi connectivity index (χ0v) is 11.2. The minimum absolute atomic E-state index is 0.353. The van der Waals surface area contributed by atoms with E-state index in [1.165, 1.54) is 0 Å². The molecule has 0 saturated carbocycles. The van der Waals surface area contributed by atoms with Crippen molar-refractivity contribution in [2.75, 3.05) is 26.2 Å². The number of nitrogens with one attached hydrogen (secondary N) is 1. The number of amides is 2. The summed E-state index contributed by atoms with van der Waals surface area (Å²) in [6, 6.07) is 5.08. The first kappa shape index (κ1) is 13.5. The van der Waals surface area contributed by atoms with Crippen molar-refractivity contribution in [3.05, 3.63) is 29.3 Å². The molecule has 1 N–H and O–H groups in total. The smallest absolute Gasteiger partial charge is 0.262 e. The van der Waals surface area contributed by atoms with Crippen LogP contribution in [-0.4, -0.2) is 43.0 Å². The van der Waals surface area contributed by atoms with Crippen molar-refractivity contribution in [2.45, 2.75) is 13.8 Å². The van der Waals surface area contributed by atoms with Gasteiger partial charge in [0.2, 0.25) is 0 Å². The van der Waals surface area contributed by atoms with Crippen LogP contribution in [0.25, 0.3) is 0 Å². The van der Waals surface area contributed by atoms with Crippen molar-refractivity contribution >= 4 is 11.8 Å². The highest BCUT2D eigenvalue weighted by Gasteiger charge is 2.29. The van der Waals surface area contributed by atoms with Gasteiger partial charge in [-0.1, -0.05) is 19.9 Å². The van der Waals surface area contributed by atoms with Crippen molar-refractivity contribution in [3.63, 3.8) is 0 Å². The second-order valence-corrected chi connectivity index (χ2v) is 4.34. The van der Waals surface area contributed by atoms with Gasteiger partial charge in [-0.25, -0.2) is 0 Å². The van der Waals surface area contributed by atoms with E-state index in [1.807, 2.05) is 0 Å². The summed E-state index contributed by atoms with van der Waals surface area (Å²) in [6.07, 6.45) is 0. The van der Waals surface area contributed by atoms with Gasteiger partial charge in [0.05, 0.1) is 11.1 Å². The maximum Gasteiger partial charge on any atom is 0.262 e. The molecule has 102 valence electrons. The van der Waals surface area contributed by atoms with Gasteiger partial charge >= 0.3 is 0 Å². The highest BCUT2D eigenvalue weighted by atomic mass is 16.5. The van der Waals surface area contributed by atoms with Crippen LogP contribution in [-0.2, 0) is 0 Å². The third-order valence-corrected chi connectivity index (χ3v) is 3.28. The molecule has 1 aliphatic heterocycles. The fraction of sp³-hybridized carbons (Fsp3) is 0.429. The molecule has 0 bridgehead atoms. The van der Waals surface area contributed by atoms with E-state index in [2.05, 4.69) is 24.1 Å². The summed E-state index contributed by atoms with van der Waals surface area (Å²) in [5.41, 5.74) is 0.748. The maximum absolute atomic E-state index is 11.7. The molecule has 0 fully saturated rings. The molecule has 1 aliphatic rings. The SMILES string of the molecule is CCN(CC)CCOc1cccc2c1C(=O)NC2=O. The summed E-state index contributed by atoms with van der Waals surface area (Å²) in [5.74, 6) is -0.249. The second-order valence-electron chi connectivity index (χ2n) is 4.34. The maximum atomic E-state index is 11.7. The van der Waals surface area contributed by atoms with Gasteiger partial charge < -0.3 is 9.64 Å². The fourth-order valence-electron chi connectivity index (χ4n) is 2.13. The van der Waals surface area contributed by atoms with Crippen molar-refractivity contribution in [1.29, 1.82) is 0 Å². The minimum Gasteiger partial charge on any atom is -0.491 e. The molecule has 2 rings (SSSR count). The van der Waals surface area contributed by atoms with Gasteiger partial charge in [-0.3, -0.25) is 14.9 Å². The lowest BCUT2D eigenvalue weighted by Gasteiger charge is -2.18. The molecule has 0 radical (unpaired) electrons. The third-order valence-electron chi connectivity index (χ3n) is 3.28. The van der Waals surface area contributed by atoms with Gasteiger partial charge in [0.1, 0.15) is 12.4 Å². The number of nitrogens with zero attached hydrogens (tertiary/aromatic N) is 1. The number of likely N-dealkylation sites (N-methyl/N-ethyl adjacent to an activating group) is 1. The molecule has 2 amide bonds. The zero-order chi connectivity index (χ0) is 13.8. The molecule has 0 atom stereocenters. The van der Waals surface area contributed by atoms with Crippen LogP contribution in [0.2, 0.25) is 0 Å². The number of hydrogen-bond acceptors (Lipinski definition) is 4. The molecule has 0 aliphatic carbocycles. The fourth-order valence-corrected chi connectivity index (χ4v) is 2.13. The third kappa shape index (κ3) is 2.76. The number of ether oxygens (including phenoxy) is 1. The normalized spacial score (nSPS) is 13.6. The van der Waals surface area contributed by atoms with Gasteiger partial charge in [0.15, 0.2) is 0 Å². The Kier molecular flexibility index (Phi) is 4.16. The molecule has 0 aromatic heterocycles. The lowest BCUT2D eigenvalue weighted by Crippen LogP contribution is -2.28. The average molecular weight is 262 g/mol. The summed E-state index contributed by atoms with van der Waals surface area (Å²) in [6.45, 7) is 7.41. The predicted octanol–water partition coefficient (Wildman–Crippen LogP) is 1.29. The Labute approximate surface area is 112 Å². The monoisotopic (exact) mass is 262 g/mol. The first-order valence-electron chi connectivity index (χ1n) is 6.51. The predicted molar refractivity (Wildman–Crippen MR) is 71.5 cm³/mol. The number of fused-ring (bicyclic) bond motifs is 1. The zero-order valence-electron chi connectivity index (χ0n) is 11.2. The van der Waals surface area contributed by atoms with E-state index in [0.717, 1.165) is 19.6 Å². The summed E-state index contributed by atoms with van der Waals surface area (Å²) >= 11 is 0. The average Bonchev–Trinajstić information content (AvgIpc) is 2.71. The Balaban J connectivity index is 2.06. The summed E-state index contributed by atoms with van der Waals surface area (Å²) in [7, 11) is 0. The number of imide groups is 1. The number of carbonyl (C=O) groups excluding carboxylic acids is 2. The topological polar surface area (TPSA) is 58.6 Å². The van der Waals surface area contributed by atoms with Crippen LogP contribution in [0, 0.1) is 0 Å². The van der Waals surface area contributed by atoms with Gasteiger partial charge in [-0.15, -0.1) is 0 Å². The molecule has 5 heteroatoms. The summed E-state index contributed by atoms with van der Waals surface area (Å²) < 4.78 is 5.65. The van der Waals surface area contributed by atoms with Crippen LogP contribution in [0.1, 0.15) is 34.6 Å². The lowest BCUT2D eigenvalue weighted by atomic mass is 10.1. The Bertz CT molecular complexity index is 495. The molecule has 1 aromatic carbocycles. The van der Waals surface area contributed by atoms with E-state index in [1.54, 1.807) is 18.2 Å². The van der Waals surface area contributed by atoms with Gasteiger partial charge in [-0.05, 0) is 25.2 Å². The van der Waals surface area contributed by atoms with Crippen molar-refractivity contribution in [1.82, 2.24) is 10.2 Å². The second kappa shape index (κ2) is 5.84. The van der Waals surface area contributed by atoms with Crippen molar-refractivity contribution < 1.29 is 14.3 Å². The van der Waals surface area contributed by atoms with E-state index in [-0.39, 0.29) is 11.8 Å². The van der Waals surface area contributed by atoms with Crippen LogP contribution in [0.4, 0.5) is 0 Å². The highest BCUT2D eigenvalue weighted by Crippen LogP contribution is 2.26. The Morgan fingerprint density at radius 3 is 2.58 bits per heavy atom. The number of hydrogen-bond donors (Lipinski definition) is 1. The number of benzene rings is 1. The van der Waals surface area contributed by atoms with Crippen LogP contribution in [0.5, 0.6) is 5.75 Å². The first-order chi connectivity index (χ1) is 9.17. The van der Waals surface area contributed by atoms with Gasteiger partial charge in [-0.2, -0.15) is 0 Å². The van der Waals surface area contributed by atoms with Crippen LogP contribution >= 0.6 is 0 Å². The van der Waals surface area contributed by atoms with E-state index in [9.17, 15) is 9.59 Å².